The van der Waals surface area contributed by atoms with E-state index in [1.165, 1.54) is 29.1 Å². The predicted molar refractivity (Wildman–Crippen MR) is 228 cm³/mol. The molecule has 0 radical (unpaired) electrons. The Balaban J connectivity index is 1.11. The summed E-state index contributed by atoms with van der Waals surface area (Å²) in [6, 6.07) is 14.7. The first kappa shape index (κ1) is 49.5. The van der Waals surface area contributed by atoms with Gasteiger partial charge in [0, 0.05) is 16.8 Å². The SMILES string of the molecule is [N-]=[N+]=Nc1ccc(COC(=O)N[C@@H](CCc2ccccc2)C(=O)O[C@@H]2C(COP(=O)(O)O[C@H]3[C@@H](O)[C@H](n4ccc(N)nc4=O)O[C@@H]3COP(=O)(O)O)O[C@@H](n3cnc4c(N)ncnc43)[C@@H]2O)cc1. The summed E-state index contributed by atoms with van der Waals surface area (Å²) >= 11 is 0. The van der Waals surface area contributed by atoms with E-state index in [4.69, 9.17) is 45.0 Å². The molecule has 362 valence electrons. The average molecular weight is 989 g/mol. The Morgan fingerprint density at radius 2 is 1.57 bits per heavy atom. The second-order valence-electron chi connectivity index (χ2n) is 14.9. The maximum Gasteiger partial charge on any atom is 0.472 e. The van der Waals surface area contributed by atoms with Crippen LogP contribution in [0.3, 0.4) is 0 Å². The summed E-state index contributed by atoms with van der Waals surface area (Å²) in [5.41, 5.74) is 20.9. The highest BCUT2D eigenvalue weighted by molar-refractivity contribution is 7.47. The Morgan fingerprint density at radius 1 is 0.897 bits per heavy atom. The molecule has 2 aliphatic rings. The quantitative estimate of drug-likeness (QED) is 0.0189. The number of carbonyl (C=O) groups is 2. The maximum atomic E-state index is 14.1. The molecular weight excluding hydrogens is 946 g/mol. The summed E-state index contributed by atoms with van der Waals surface area (Å²) < 4.78 is 65.1. The number of aliphatic hydroxyl groups excluding tert-OH is 2. The third kappa shape index (κ3) is 12.2. The van der Waals surface area contributed by atoms with E-state index in [1.54, 1.807) is 42.5 Å². The number of nitrogens with two attached hydrogens (primary N) is 2. The Morgan fingerprint density at radius 3 is 2.26 bits per heavy atom. The van der Waals surface area contributed by atoms with Gasteiger partial charge in [-0.2, -0.15) is 4.98 Å². The fourth-order valence-electron chi connectivity index (χ4n) is 7.11. The smallest absolute Gasteiger partial charge is 0.455 e. The number of azide groups is 1. The lowest BCUT2D eigenvalue weighted by atomic mass is 10.0. The van der Waals surface area contributed by atoms with E-state index in [2.05, 4.69) is 39.8 Å². The fraction of sp³-hybridized carbons (Fsp3) is 0.378. The number of ether oxygens (including phenoxy) is 4. The minimum atomic E-state index is -5.46. The number of alkyl carbamates (subject to hydrolysis) is 1. The maximum absolute atomic E-state index is 14.1. The van der Waals surface area contributed by atoms with E-state index < -0.39 is 102 Å². The summed E-state index contributed by atoms with van der Waals surface area (Å²) in [7, 11) is -10.7. The highest BCUT2D eigenvalue weighted by atomic mass is 31.2. The molecule has 1 amide bonds. The molecule has 2 aromatic carbocycles. The molecule has 68 heavy (non-hydrogen) atoms. The van der Waals surface area contributed by atoms with Crippen LogP contribution in [0.25, 0.3) is 21.6 Å². The highest BCUT2D eigenvalue weighted by Gasteiger charge is 2.52. The monoisotopic (exact) mass is 988 g/mol. The molecular formula is C37H42N12O17P2. The normalized spacial score (nSPS) is 23.9. The third-order valence-electron chi connectivity index (χ3n) is 10.3. The van der Waals surface area contributed by atoms with Crippen LogP contribution in [0.2, 0.25) is 0 Å². The van der Waals surface area contributed by atoms with Crippen LogP contribution in [-0.2, 0) is 59.5 Å². The number of aryl methyl sites for hydroxylation is 1. The predicted octanol–water partition coefficient (Wildman–Crippen LogP) is 1.16. The number of nitrogen functional groups attached to an aromatic ring is 2. The summed E-state index contributed by atoms with van der Waals surface area (Å²) in [6.07, 6.45) is -11.7. The van der Waals surface area contributed by atoms with Gasteiger partial charge in [-0.15, -0.1) is 0 Å². The van der Waals surface area contributed by atoms with Crippen molar-refractivity contribution in [1.82, 2.24) is 34.4 Å². The molecule has 31 heteroatoms. The van der Waals surface area contributed by atoms with Crippen molar-refractivity contribution in [2.45, 2.75) is 74.6 Å². The number of benzene rings is 2. The standard InChI is InChI=1S/C37H42N12O17P2/c38-25-12-13-48(36(53)45-25)33-28(51)30(24(64-33)15-61-67(55,56)57)66-68(58,59)62-16-23-29(27(50)34(63-23)49-18-43-26-31(39)41-17-42-32(26)49)65-35(52)22(11-8-19-4-2-1-3-5-19)44-37(54)60-14-20-6-9-21(10-7-20)46-47-40/h1-7,9-10,12-13,17-18,22-24,27-30,33-34,50-51H,8,11,14-16H2,(H,44,54)(H,58,59)(H2,38,45,53)(H2,39,41,42)(H2,55,56,57)/t22-,23?,24+,27+,28+,29+,30+,33+,34+/m0/s1. The van der Waals surface area contributed by atoms with E-state index in [0.29, 0.717) is 11.3 Å². The first-order chi connectivity index (χ1) is 32.4. The fourth-order valence-corrected chi connectivity index (χ4v) is 8.41. The minimum absolute atomic E-state index is 0.0331. The van der Waals surface area contributed by atoms with Crippen LogP contribution in [0.1, 0.15) is 30.0 Å². The number of rotatable bonds is 19. The number of esters is 1. The first-order valence-electron chi connectivity index (χ1n) is 20.0. The number of amides is 1. The summed E-state index contributed by atoms with van der Waals surface area (Å²) in [6.45, 7) is -2.30. The topological polar surface area (TPSA) is 425 Å². The third-order valence-corrected chi connectivity index (χ3v) is 11.8. The van der Waals surface area contributed by atoms with E-state index in [0.717, 1.165) is 22.7 Å². The molecule has 29 nitrogen and oxygen atoms in total. The molecule has 2 fully saturated rings. The van der Waals surface area contributed by atoms with Crippen molar-refractivity contribution >= 4 is 56.2 Å². The molecule has 0 saturated carbocycles. The molecule has 0 spiro atoms. The number of phosphoric acid groups is 2. The number of hydrogen-bond acceptors (Lipinski definition) is 21. The number of aromatic nitrogens is 6. The number of phosphoric ester groups is 2. The van der Waals surface area contributed by atoms with Gasteiger partial charge in [0.15, 0.2) is 30.0 Å². The van der Waals surface area contributed by atoms with Crippen molar-refractivity contribution < 1.29 is 76.1 Å². The molecule has 10 atom stereocenters. The Hall–Kier alpha value is -6.42. The molecule has 3 aromatic heterocycles. The molecule has 2 saturated heterocycles. The van der Waals surface area contributed by atoms with Crippen LogP contribution in [0, 0.1) is 0 Å². The summed E-state index contributed by atoms with van der Waals surface area (Å²) in [5, 5.41) is 29.0. The molecule has 7 rings (SSSR count). The van der Waals surface area contributed by atoms with Gasteiger partial charge in [0.1, 0.15) is 60.8 Å². The zero-order valence-electron chi connectivity index (χ0n) is 34.9. The molecule has 0 bridgehead atoms. The number of carbonyl (C=O) groups excluding carboxylic acids is 2. The van der Waals surface area contributed by atoms with Gasteiger partial charge >= 0.3 is 33.4 Å². The van der Waals surface area contributed by atoms with Gasteiger partial charge in [0.25, 0.3) is 0 Å². The van der Waals surface area contributed by atoms with Crippen molar-refractivity contribution in [1.29, 1.82) is 0 Å². The van der Waals surface area contributed by atoms with Crippen LogP contribution in [0.5, 0.6) is 0 Å². The molecule has 2 unspecified atom stereocenters. The van der Waals surface area contributed by atoms with Crippen LogP contribution >= 0.6 is 15.6 Å². The number of anilines is 2. The number of fused-ring (bicyclic) bond motifs is 1. The number of nitrogens with one attached hydrogen (secondary N) is 1. The second kappa shape index (κ2) is 21.3. The second-order valence-corrected chi connectivity index (χ2v) is 17.6. The van der Waals surface area contributed by atoms with E-state index >= 15 is 0 Å². The highest BCUT2D eigenvalue weighted by Crippen LogP contribution is 2.50. The van der Waals surface area contributed by atoms with Crippen molar-refractivity contribution in [2.75, 3.05) is 24.7 Å². The Kier molecular flexibility index (Phi) is 15.5. The van der Waals surface area contributed by atoms with Gasteiger partial charge in [-0.3, -0.25) is 22.7 Å². The van der Waals surface area contributed by atoms with Gasteiger partial charge in [-0.25, -0.2) is 38.5 Å². The zero-order valence-corrected chi connectivity index (χ0v) is 36.7. The van der Waals surface area contributed by atoms with Crippen molar-refractivity contribution in [2.24, 2.45) is 5.11 Å². The number of imidazole rings is 1. The zero-order chi connectivity index (χ0) is 48.8. The molecule has 0 aliphatic carbocycles. The average Bonchev–Trinajstić information content (AvgIpc) is 3.96. The number of hydrogen-bond donors (Lipinski definition) is 8. The van der Waals surface area contributed by atoms with Crippen molar-refractivity contribution in [3.05, 3.63) is 112 Å². The van der Waals surface area contributed by atoms with Gasteiger partial charge < -0.3 is 60.6 Å². The van der Waals surface area contributed by atoms with E-state index in [-0.39, 0.29) is 42.2 Å². The van der Waals surface area contributed by atoms with Crippen molar-refractivity contribution in [3.63, 3.8) is 0 Å². The van der Waals surface area contributed by atoms with E-state index in [1.807, 2.05) is 0 Å². The van der Waals surface area contributed by atoms with Crippen LogP contribution in [-0.4, -0.2) is 122 Å². The molecule has 2 aliphatic heterocycles. The van der Waals surface area contributed by atoms with Gasteiger partial charge in [0.2, 0.25) is 0 Å². The number of aliphatic hydroxyl groups is 2. The minimum Gasteiger partial charge on any atom is -0.455 e. The van der Waals surface area contributed by atoms with Gasteiger partial charge in [-0.05, 0) is 35.6 Å². The lowest BCUT2D eigenvalue weighted by molar-refractivity contribution is -0.159. The lowest BCUT2D eigenvalue weighted by Crippen LogP contribution is -2.47. The molecule has 5 heterocycles. The molecule has 5 aromatic rings. The lowest BCUT2D eigenvalue weighted by Gasteiger charge is -2.26. The van der Waals surface area contributed by atoms with Crippen molar-refractivity contribution in [3.8, 4) is 0 Å². The molecule has 10 N–H and O–H groups in total. The van der Waals surface area contributed by atoms with Crippen LogP contribution in [0.15, 0.2) is 89.4 Å². The van der Waals surface area contributed by atoms with Crippen LogP contribution < -0.4 is 22.5 Å². The Bertz CT molecular complexity index is 2800. The van der Waals surface area contributed by atoms with E-state index in [9.17, 15) is 48.4 Å². The summed E-state index contributed by atoms with van der Waals surface area (Å²) in [5.74, 6) is -1.34. The number of nitrogens with zero attached hydrogens (tertiary/aromatic N) is 9. The van der Waals surface area contributed by atoms with Crippen LogP contribution in [0.4, 0.5) is 22.1 Å². The largest absolute Gasteiger partial charge is 0.472 e. The first-order valence-corrected chi connectivity index (χ1v) is 23.0. The van der Waals surface area contributed by atoms with Gasteiger partial charge in [0.05, 0.1) is 19.5 Å². The van der Waals surface area contributed by atoms with Gasteiger partial charge in [-0.1, -0.05) is 59.7 Å². The Labute approximate surface area is 382 Å². The summed E-state index contributed by atoms with van der Waals surface area (Å²) in [4.78, 5) is 88.1.